The van der Waals surface area contributed by atoms with Gasteiger partial charge in [0.25, 0.3) is 5.91 Å². The number of benzene rings is 2. The van der Waals surface area contributed by atoms with Crippen LogP contribution in [0.1, 0.15) is 35.2 Å². The van der Waals surface area contributed by atoms with Gasteiger partial charge < -0.3 is 5.32 Å². The van der Waals surface area contributed by atoms with Crippen LogP contribution in [0.15, 0.2) is 53.4 Å². The van der Waals surface area contributed by atoms with Crippen molar-refractivity contribution in [2.24, 2.45) is 0 Å². The zero-order chi connectivity index (χ0) is 19.3. The Hall–Kier alpha value is -1.83. The van der Waals surface area contributed by atoms with E-state index in [1.165, 1.54) is 0 Å². The van der Waals surface area contributed by atoms with Gasteiger partial charge in [-0.15, -0.1) is 11.8 Å². The number of piperidine rings is 1. The highest BCUT2D eigenvalue weighted by Gasteiger charge is 2.24. The number of hydrogen-bond acceptors (Lipinski definition) is 4. The van der Waals surface area contributed by atoms with Gasteiger partial charge >= 0.3 is 0 Å². The van der Waals surface area contributed by atoms with E-state index in [1.54, 1.807) is 40.3 Å². The summed E-state index contributed by atoms with van der Waals surface area (Å²) in [5, 5.41) is 2.91. The van der Waals surface area contributed by atoms with Crippen LogP contribution < -0.4 is 5.32 Å². The zero-order valence-electron chi connectivity index (χ0n) is 15.3. The van der Waals surface area contributed by atoms with Crippen molar-refractivity contribution < 1.29 is 13.2 Å². The summed E-state index contributed by atoms with van der Waals surface area (Å²) in [6.07, 6.45) is 4.91. The van der Waals surface area contributed by atoms with Gasteiger partial charge in [-0.25, -0.2) is 12.7 Å². The standard InChI is InChI=1S/C20H24N2O3S2/c1-26-19-8-4-3-7-18(19)21-20(23)17-11-9-16(10-12-17)15-27(24,25)22-13-5-2-6-14-22/h3-4,7-12H,2,5-6,13-15H2,1H3,(H,21,23). The molecule has 7 heteroatoms. The maximum Gasteiger partial charge on any atom is 0.255 e. The number of nitrogens with one attached hydrogen (secondary N) is 1. The topological polar surface area (TPSA) is 66.5 Å². The molecule has 3 rings (SSSR count). The lowest BCUT2D eigenvalue weighted by Gasteiger charge is -2.25. The Morgan fingerprint density at radius 2 is 1.70 bits per heavy atom. The lowest BCUT2D eigenvalue weighted by atomic mass is 10.1. The molecular weight excluding hydrogens is 380 g/mol. The molecule has 1 heterocycles. The van der Waals surface area contributed by atoms with Crippen molar-refractivity contribution >= 4 is 33.4 Å². The molecule has 0 aliphatic carbocycles. The number of amides is 1. The van der Waals surface area contributed by atoms with Crippen molar-refractivity contribution in [2.75, 3.05) is 24.7 Å². The Morgan fingerprint density at radius 1 is 1.04 bits per heavy atom. The number of anilines is 1. The van der Waals surface area contributed by atoms with Gasteiger partial charge in [0.05, 0.1) is 11.4 Å². The van der Waals surface area contributed by atoms with E-state index in [0.717, 1.165) is 29.8 Å². The second-order valence-electron chi connectivity index (χ2n) is 6.57. The summed E-state index contributed by atoms with van der Waals surface area (Å²) in [5.74, 6) is -0.230. The fraction of sp³-hybridized carbons (Fsp3) is 0.350. The number of carbonyl (C=O) groups is 1. The largest absolute Gasteiger partial charge is 0.321 e. The van der Waals surface area contributed by atoms with Crippen molar-refractivity contribution in [3.05, 3.63) is 59.7 Å². The van der Waals surface area contributed by atoms with Crippen molar-refractivity contribution in [1.82, 2.24) is 4.31 Å². The van der Waals surface area contributed by atoms with Crippen LogP contribution in [-0.4, -0.2) is 38.0 Å². The van der Waals surface area contributed by atoms with Crippen molar-refractivity contribution in [3.63, 3.8) is 0 Å². The number of hydrogen-bond donors (Lipinski definition) is 1. The molecule has 0 radical (unpaired) electrons. The molecular formula is C20H24N2O3S2. The summed E-state index contributed by atoms with van der Waals surface area (Å²) < 4.78 is 26.6. The van der Waals surface area contributed by atoms with E-state index in [2.05, 4.69) is 5.32 Å². The second kappa shape index (κ2) is 8.91. The molecule has 1 aliphatic heterocycles. The Kier molecular flexibility index (Phi) is 6.57. The molecule has 144 valence electrons. The first-order valence-corrected chi connectivity index (χ1v) is 11.8. The highest BCUT2D eigenvalue weighted by Crippen LogP contribution is 2.25. The van der Waals surface area contributed by atoms with E-state index in [4.69, 9.17) is 0 Å². The molecule has 1 aliphatic rings. The summed E-state index contributed by atoms with van der Waals surface area (Å²) in [4.78, 5) is 13.5. The van der Waals surface area contributed by atoms with Gasteiger partial charge in [-0.05, 0) is 48.9 Å². The molecule has 5 nitrogen and oxygen atoms in total. The Balaban J connectivity index is 1.67. The molecule has 0 atom stereocenters. The maximum absolute atomic E-state index is 12.5. The predicted molar refractivity (Wildman–Crippen MR) is 111 cm³/mol. The zero-order valence-corrected chi connectivity index (χ0v) is 17.0. The van der Waals surface area contributed by atoms with Crippen LogP contribution in [-0.2, 0) is 15.8 Å². The smallest absolute Gasteiger partial charge is 0.255 e. The Bertz CT molecular complexity index is 890. The molecule has 2 aromatic rings. The number of carbonyl (C=O) groups excluding carboxylic acids is 1. The van der Waals surface area contributed by atoms with Crippen LogP contribution in [0, 0.1) is 0 Å². The molecule has 1 N–H and O–H groups in total. The average Bonchev–Trinajstić information content (AvgIpc) is 2.69. The summed E-state index contributed by atoms with van der Waals surface area (Å²) in [6, 6.07) is 14.4. The van der Waals surface area contributed by atoms with Gasteiger partial charge in [-0.3, -0.25) is 4.79 Å². The Labute approximate surface area is 165 Å². The van der Waals surface area contributed by atoms with Crippen molar-refractivity contribution in [3.8, 4) is 0 Å². The van der Waals surface area contributed by atoms with Gasteiger partial charge in [-0.1, -0.05) is 30.7 Å². The van der Waals surface area contributed by atoms with Crippen LogP contribution >= 0.6 is 11.8 Å². The van der Waals surface area contributed by atoms with Crippen LogP contribution in [0.3, 0.4) is 0 Å². The van der Waals surface area contributed by atoms with E-state index < -0.39 is 10.0 Å². The minimum absolute atomic E-state index is 0.0236. The fourth-order valence-corrected chi connectivity index (χ4v) is 5.30. The number of para-hydroxylation sites is 1. The van der Waals surface area contributed by atoms with Crippen LogP contribution in [0.5, 0.6) is 0 Å². The van der Waals surface area contributed by atoms with E-state index in [0.29, 0.717) is 24.2 Å². The first-order chi connectivity index (χ1) is 13.0. The molecule has 0 spiro atoms. The highest BCUT2D eigenvalue weighted by molar-refractivity contribution is 7.98. The molecule has 27 heavy (non-hydrogen) atoms. The minimum Gasteiger partial charge on any atom is -0.321 e. The average molecular weight is 405 g/mol. The summed E-state index contributed by atoms with van der Waals surface area (Å²) in [6.45, 7) is 1.22. The van der Waals surface area contributed by atoms with Crippen molar-refractivity contribution in [2.45, 2.75) is 29.9 Å². The highest BCUT2D eigenvalue weighted by atomic mass is 32.2. The van der Waals surface area contributed by atoms with Gasteiger partial charge in [0.15, 0.2) is 0 Å². The summed E-state index contributed by atoms with van der Waals surface area (Å²) >= 11 is 1.57. The Morgan fingerprint density at radius 3 is 2.37 bits per heavy atom. The molecule has 1 amide bonds. The quantitative estimate of drug-likeness (QED) is 0.740. The SMILES string of the molecule is CSc1ccccc1NC(=O)c1ccc(CS(=O)(=O)N2CCCCC2)cc1. The third-order valence-corrected chi connectivity index (χ3v) is 7.27. The molecule has 0 saturated carbocycles. The predicted octanol–water partition coefficient (Wildman–Crippen LogP) is 3.98. The van der Waals surface area contributed by atoms with Crippen LogP contribution in [0.2, 0.25) is 0 Å². The minimum atomic E-state index is -3.30. The van der Waals surface area contributed by atoms with E-state index in [1.807, 2.05) is 30.5 Å². The van der Waals surface area contributed by atoms with E-state index in [9.17, 15) is 13.2 Å². The number of sulfonamides is 1. The van der Waals surface area contributed by atoms with Crippen molar-refractivity contribution in [1.29, 1.82) is 0 Å². The number of thioether (sulfide) groups is 1. The van der Waals surface area contributed by atoms with E-state index in [-0.39, 0.29) is 11.7 Å². The van der Waals surface area contributed by atoms with E-state index >= 15 is 0 Å². The first-order valence-electron chi connectivity index (χ1n) is 9.01. The normalized spacial score (nSPS) is 15.4. The third kappa shape index (κ3) is 5.12. The van der Waals surface area contributed by atoms with Crippen LogP contribution in [0.4, 0.5) is 5.69 Å². The molecule has 0 aromatic heterocycles. The molecule has 1 fully saturated rings. The molecule has 1 saturated heterocycles. The number of nitrogens with zero attached hydrogens (tertiary/aromatic N) is 1. The lowest BCUT2D eigenvalue weighted by Crippen LogP contribution is -2.36. The molecule has 2 aromatic carbocycles. The lowest BCUT2D eigenvalue weighted by molar-refractivity contribution is 0.102. The first kappa shape index (κ1) is 19.9. The summed E-state index contributed by atoms with van der Waals surface area (Å²) in [7, 11) is -3.30. The monoisotopic (exact) mass is 404 g/mol. The number of rotatable bonds is 6. The molecule has 0 unspecified atom stereocenters. The second-order valence-corrected chi connectivity index (χ2v) is 9.38. The van der Waals surface area contributed by atoms with Gasteiger partial charge in [-0.2, -0.15) is 0 Å². The molecule has 0 bridgehead atoms. The fourth-order valence-electron chi connectivity index (χ4n) is 3.14. The maximum atomic E-state index is 12.5. The van der Waals surface area contributed by atoms with Gasteiger partial charge in [0.2, 0.25) is 10.0 Å². The van der Waals surface area contributed by atoms with Gasteiger partial charge in [0.1, 0.15) is 0 Å². The third-order valence-electron chi connectivity index (χ3n) is 4.63. The summed E-state index contributed by atoms with van der Waals surface area (Å²) in [5.41, 5.74) is 1.97. The van der Waals surface area contributed by atoms with Crippen LogP contribution in [0.25, 0.3) is 0 Å². The van der Waals surface area contributed by atoms with Gasteiger partial charge in [0, 0.05) is 23.5 Å².